The molecule has 0 aliphatic carbocycles. The van der Waals surface area contributed by atoms with Crippen molar-refractivity contribution in [3.05, 3.63) is 34.8 Å². The molecule has 1 atom stereocenters. The summed E-state index contributed by atoms with van der Waals surface area (Å²) in [6.07, 6.45) is 3.14. The van der Waals surface area contributed by atoms with E-state index in [1.165, 1.54) is 12.5 Å². The summed E-state index contributed by atoms with van der Waals surface area (Å²) in [4.78, 5) is 50.8. The number of hydrogen-bond donors (Lipinski definition) is 4. The molecule has 12 nitrogen and oxygen atoms in total. The molecule has 0 bridgehead atoms. The lowest BCUT2D eigenvalue weighted by molar-refractivity contribution is -0.138. The number of Topliss-reactive ketones (excluding diaryl/α,β-unsaturated/α-hetero) is 1. The Balaban J connectivity index is 1.39. The first-order chi connectivity index (χ1) is 18.2. The fraction of sp³-hybridized carbons (Fsp3) is 0.538. The summed E-state index contributed by atoms with van der Waals surface area (Å²) in [6.45, 7) is 7.01. The number of carbonyl (C=O) groups is 3. The SMILES string of the molecule is CC(=O)COC(=O)NC(CNc1nc(C)nc(N2CCC(c3ccc4c(n3)NCCC4)CC2)c1C)C(=O)O. The Hall–Kier alpha value is -3.96. The normalized spacial score (nSPS) is 16.1. The second-order valence-corrected chi connectivity index (χ2v) is 9.80. The van der Waals surface area contributed by atoms with E-state index in [1.54, 1.807) is 6.92 Å². The highest BCUT2D eigenvalue weighted by Gasteiger charge is 2.26. The Bertz CT molecular complexity index is 1200. The van der Waals surface area contributed by atoms with Crippen molar-refractivity contribution in [1.82, 2.24) is 20.3 Å². The maximum Gasteiger partial charge on any atom is 0.408 e. The molecule has 4 heterocycles. The molecule has 0 radical (unpaired) electrons. The van der Waals surface area contributed by atoms with E-state index in [-0.39, 0.29) is 12.3 Å². The van der Waals surface area contributed by atoms with E-state index in [9.17, 15) is 19.5 Å². The van der Waals surface area contributed by atoms with Crippen LogP contribution in [0.5, 0.6) is 0 Å². The van der Waals surface area contributed by atoms with Gasteiger partial charge in [-0.05, 0) is 58.1 Å². The van der Waals surface area contributed by atoms with Crippen molar-refractivity contribution in [3.63, 3.8) is 0 Å². The summed E-state index contributed by atoms with van der Waals surface area (Å²) in [5.41, 5.74) is 3.22. The van der Waals surface area contributed by atoms with Gasteiger partial charge in [0, 0.05) is 43.4 Å². The number of carboxylic acid groups (broad SMARTS) is 1. The van der Waals surface area contributed by atoms with Gasteiger partial charge in [-0.15, -0.1) is 0 Å². The zero-order valence-corrected chi connectivity index (χ0v) is 22.0. The molecule has 2 aromatic heterocycles. The molecule has 2 aromatic rings. The van der Waals surface area contributed by atoms with Gasteiger partial charge in [-0.25, -0.2) is 24.5 Å². The van der Waals surface area contributed by atoms with Crippen LogP contribution in [0.25, 0.3) is 0 Å². The number of aryl methyl sites for hydroxylation is 2. The molecule has 0 spiro atoms. The molecule has 1 unspecified atom stereocenters. The lowest BCUT2D eigenvalue weighted by Crippen LogP contribution is -2.46. The molecular formula is C26H35N7O5. The number of rotatable bonds is 9. The topological polar surface area (TPSA) is 159 Å². The van der Waals surface area contributed by atoms with E-state index in [0.29, 0.717) is 17.6 Å². The first kappa shape index (κ1) is 27.1. The first-order valence-electron chi connectivity index (χ1n) is 12.9. The number of nitrogens with zero attached hydrogens (tertiary/aromatic N) is 4. The minimum atomic E-state index is -1.28. The molecule has 0 aromatic carbocycles. The number of aliphatic carboxylic acids is 1. The highest BCUT2D eigenvalue weighted by molar-refractivity contribution is 5.83. The van der Waals surface area contributed by atoms with Crippen LogP contribution in [-0.2, 0) is 20.7 Å². The number of ether oxygens (including phenoxy) is 1. The molecule has 2 aliphatic heterocycles. The van der Waals surface area contributed by atoms with Crippen molar-refractivity contribution in [1.29, 1.82) is 0 Å². The van der Waals surface area contributed by atoms with Gasteiger partial charge in [0.05, 0.1) is 0 Å². The lowest BCUT2D eigenvalue weighted by Gasteiger charge is -2.34. The number of nitrogens with one attached hydrogen (secondary N) is 3. The molecule has 4 N–H and O–H groups in total. The number of fused-ring (bicyclic) bond motifs is 1. The summed E-state index contributed by atoms with van der Waals surface area (Å²) in [7, 11) is 0. The predicted molar refractivity (Wildman–Crippen MR) is 142 cm³/mol. The van der Waals surface area contributed by atoms with Crippen molar-refractivity contribution < 1.29 is 24.2 Å². The van der Waals surface area contributed by atoms with Gasteiger partial charge >= 0.3 is 12.1 Å². The van der Waals surface area contributed by atoms with E-state index in [1.807, 2.05) is 6.92 Å². The average Bonchev–Trinajstić information content (AvgIpc) is 2.91. The molecular weight excluding hydrogens is 490 g/mol. The number of amides is 1. The van der Waals surface area contributed by atoms with Gasteiger partial charge in [0.1, 0.15) is 29.3 Å². The molecule has 38 heavy (non-hydrogen) atoms. The lowest BCUT2D eigenvalue weighted by atomic mass is 9.92. The van der Waals surface area contributed by atoms with E-state index in [2.05, 4.69) is 43.0 Å². The summed E-state index contributed by atoms with van der Waals surface area (Å²) in [5.74, 6) is 1.68. The molecule has 1 amide bonds. The number of carboxylic acids is 1. The summed E-state index contributed by atoms with van der Waals surface area (Å²) in [6, 6.07) is 3.09. The molecule has 2 aliphatic rings. The Morgan fingerprint density at radius 2 is 1.95 bits per heavy atom. The monoisotopic (exact) mass is 525 g/mol. The van der Waals surface area contributed by atoms with E-state index in [0.717, 1.165) is 68.2 Å². The van der Waals surface area contributed by atoms with Crippen molar-refractivity contribution in [2.75, 3.05) is 48.3 Å². The molecule has 1 saturated heterocycles. The zero-order valence-electron chi connectivity index (χ0n) is 22.0. The van der Waals surface area contributed by atoms with Gasteiger partial charge in [-0.3, -0.25) is 4.79 Å². The van der Waals surface area contributed by atoms with Crippen LogP contribution in [0.15, 0.2) is 12.1 Å². The van der Waals surface area contributed by atoms with Gasteiger partial charge in [0.25, 0.3) is 0 Å². The second-order valence-electron chi connectivity index (χ2n) is 9.80. The number of pyridine rings is 1. The van der Waals surface area contributed by atoms with E-state index in [4.69, 9.17) is 9.72 Å². The number of carbonyl (C=O) groups excluding carboxylic acids is 2. The van der Waals surface area contributed by atoms with E-state index >= 15 is 0 Å². The minimum absolute atomic E-state index is 0.124. The van der Waals surface area contributed by atoms with Gasteiger partial charge in [0.15, 0.2) is 12.4 Å². The third-order valence-electron chi connectivity index (χ3n) is 6.83. The first-order valence-corrected chi connectivity index (χ1v) is 12.9. The second kappa shape index (κ2) is 12.1. The fourth-order valence-corrected chi connectivity index (χ4v) is 4.80. The Morgan fingerprint density at radius 1 is 1.18 bits per heavy atom. The quantitative estimate of drug-likeness (QED) is 0.381. The van der Waals surface area contributed by atoms with E-state index < -0.39 is 24.7 Å². The maximum atomic E-state index is 11.8. The third-order valence-corrected chi connectivity index (χ3v) is 6.83. The van der Waals surface area contributed by atoms with Crippen LogP contribution < -0.4 is 20.9 Å². The third kappa shape index (κ3) is 6.67. The van der Waals surface area contributed by atoms with Crippen LogP contribution in [0.1, 0.15) is 54.7 Å². The van der Waals surface area contributed by atoms with Crippen molar-refractivity contribution >= 4 is 35.3 Å². The van der Waals surface area contributed by atoms with Crippen molar-refractivity contribution in [3.8, 4) is 0 Å². The maximum absolute atomic E-state index is 11.8. The number of anilines is 3. The van der Waals surface area contributed by atoms with Crippen LogP contribution >= 0.6 is 0 Å². The highest BCUT2D eigenvalue weighted by atomic mass is 16.6. The van der Waals surface area contributed by atoms with Gasteiger partial charge in [0.2, 0.25) is 0 Å². The Kier molecular flexibility index (Phi) is 8.59. The van der Waals surface area contributed by atoms with Gasteiger partial charge < -0.3 is 30.7 Å². The molecule has 204 valence electrons. The minimum Gasteiger partial charge on any atom is -0.480 e. The van der Waals surface area contributed by atoms with Crippen LogP contribution in [0.2, 0.25) is 0 Å². The standard InChI is InChI=1S/C26H35N7O5/c1-15(34)14-38-26(37)32-21(25(35)36)13-28-22-16(2)24(30-17(3)29-22)33-11-8-18(9-12-33)20-7-6-19-5-4-10-27-23(19)31-20/h6-7,18,21H,4-5,8-14H2,1-3H3,(H,27,31)(H,32,37)(H,35,36)(H,28,29,30). The van der Waals surface area contributed by atoms with Crippen LogP contribution in [-0.4, -0.2) is 76.7 Å². The average molecular weight is 526 g/mol. The Morgan fingerprint density at radius 3 is 2.66 bits per heavy atom. The van der Waals surface area contributed by atoms with Gasteiger partial charge in [-0.2, -0.15) is 0 Å². The fourth-order valence-electron chi connectivity index (χ4n) is 4.80. The van der Waals surface area contributed by atoms with Crippen LogP contribution in [0.3, 0.4) is 0 Å². The number of ketones is 1. The summed E-state index contributed by atoms with van der Waals surface area (Å²) < 4.78 is 4.71. The largest absolute Gasteiger partial charge is 0.480 e. The number of alkyl carbamates (subject to hydrolysis) is 1. The van der Waals surface area contributed by atoms with Crippen LogP contribution in [0.4, 0.5) is 22.2 Å². The van der Waals surface area contributed by atoms with Gasteiger partial charge in [-0.1, -0.05) is 6.07 Å². The predicted octanol–water partition coefficient (Wildman–Crippen LogP) is 2.41. The number of aromatic nitrogens is 3. The molecule has 0 saturated carbocycles. The molecule has 1 fully saturated rings. The molecule has 12 heteroatoms. The van der Waals surface area contributed by atoms with Crippen LogP contribution in [0, 0.1) is 13.8 Å². The summed E-state index contributed by atoms with van der Waals surface area (Å²) >= 11 is 0. The molecule has 4 rings (SSSR count). The number of hydrogen-bond acceptors (Lipinski definition) is 10. The highest BCUT2D eigenvalue weighted by Crippen LogP contribution is 2.33. The zero-order chi connectivity index (χ0) is 27.2. The summed E-state index contributed by atoms with van der Waals surface area (Å²) in [5, 5.41) is 18.2. The van der Waals surface area contributed by atoms with Crippen molar-refractivity contribution in [2.24, 2.45) is 0 Å². The van der Waals surface area contributed by atoms with Crippen molar-refractivity contribution in [2.45, 2.75) is 58.4 Å². The number of piperidine rings is 1. The smallest absolute Gasteiger partial charge is 0.408 e. The Labute approximate surface area is 221 Å².